The van der Waals surface area contributed by atoms with Gasteiger partial charge < -0.3 is 24.5 Å². The summed E-state index contributed by atoms with van der Waals surface area (Å²) in [7, 11) is 0. The Labute approximate surface area is 267 Å². The van der Waals surface area contributed by atoms with Gasteiger partial charge >= 0.3 is 0 Å². The minimum atomic E-state index is -1.22. The molecule has 8 nitrogen and oxygen atoms in total. The van der Waals surface area contributed by atoms with Crippen LogP contribution in [0.25, 0.3) is 0 Å². The molecule has 1 N–H and O–H groups in total. The van der Waals surface area contributed by atoms with Crippen LogP contribution in [-0.4, -0.2) is 70.7 Å². The van der Waals surface area contributed by atoms with Crippen molar-refractivity contribution in [3.8, 4) is 0 Å². The van der Waals surface area contributed by atoms with E-state index in [1.807, 2.05) is 83.1 Å². The van der Waals surface area contributed by atoms with Gasteiger partial charge in [-0.1, -0.05) is 63.3 Å². The molecule has 0 aliphatic carbocycles. The van der Waals surface area contributed by atoms with Crippen molar-refractivity contribution in [2.75, 3.05) is 29.5 Å². The van der Waals surface area contributed by atoms with Crippen molar-refractivity contribution in [2.45, 2.75) is 77.2 Å². The monoisotopic (exact) mass is 613 g/mol. The fourth-order valence-corrected chi connectivity index (χ4v) is 8.11. The van der Waals surface area contributed by atoms with E-state index < -0.39 is 35.1 Å². The molecular formula is C37H47N3O5. The number of nitrogens with zero attached hydrogens (tertiary/aromatic N) is 3. The van der Waals surface area contributed by atoms with Gasteiger partial charge in [-0.15, -0.1) is 13.2 Å². The third kappa shape index (κ3) is 5.12. The lowest BCUT2D eigenvalue weighted by Crippen LogP contribution is -2.60. The third-order valence-electron chi connectivity index (χ3n) is 10.3. The average Bonchev–Trinajstić information content (AvgIpc) is 3.64. The zero-order chi connectivity index (χ0) is 32.7. The lowest BCUT2D eigenvalue weighted by atomic mass is 9.64. The van der Waals surface area contributed by atoms with Crippen LogP contribution < -0.4 is 9.80 Å². The molecule has 1 spiro atoms. The van der Waals surface area contributed by atoms with Crippen LogP contribution >= 0.6 is 0 Å². The molecule has 3 heterocycles. The Bertz CT molecular complexity index is 1470. The van der Waals surface area contributed by atoms with Crippen LogP contribution in [0.5, 0.6) is 0 Å². The van der Waals surface area contributed by atoms with E-state index in [0.717, 1.165) is 16.8 Å². The van der Waals surface area contributed by atoms with Gasteiger partial charge in [0.15, 0.2) is 0 Å². The molecule has 3 aliphatic heterocycles. The van der Waals surface area contributed by atoms with Gasteiger partial charge in [0.25, 0.3) is 5.91 Å². The van der Waals surface area contributed by atoms with Crippen LogP contribution in [-0.2, 0) is 19.1 Å². The molecule has 3 saturated heterocycles. The first-order valence-electron chi connectivity index (χ1n) is 16.1. The Morgan fingerprint density at radius 3 is 2.31 bits per heavy atom. The Morgan fingerprint density at radius 1 is 1.04 bits per heavy atom. The van der Waals surface area contributed by atoms with Gasteiger partial charge in [0.2, 0.25) is 11.8 Å². The number of aliphatic hydroxyl groups is 1. The molecule has 2 aromatic rings. The van der Waals surface area contributed by atoms with Crippen LogP contribution in [0, 0.1) is 31.6 Å². The molecule has 2 unspecified atom stereocenters. The lowest BCUT2D eigenvalue weighted by molar-refractivity contribution is -0.150. The first kappa shape index (κ1) is 32.6. The number of hydrogen-bond acceptors (Lipinski definition) is 5. The number of aryl methyl sites for hydroxylation is 2. The van der Waals surface area contributed by atoms with Gasteiger partial charge in [0, 0.05) is 24.5 Å². The smallest absolute Gasteiger partial charge is 0.253 e. The van der Waals surface area contributed by atoms with Crippen molar-refractivity contribution in [3.63, 3.8) is 0 Å². The molecule has 45 heavy (non-hydrogen) atoms. The molecule has 0 aromatic heterocycles. The van der Waals surface area contributed by atoms with Crippen LogP contribution in [0.1, 0.15) is 51.2 Å². The maximum atomic E-state index is 15.1. The normalized spacial score (nSPS) is 27.4. The van der Waals surface area contributed by atoms with Crippen molar-refractivity contribution in [2.24, 2.45) is 17.8 Å². The van der Waals surface area contributed by atoms with Gasteiger partial charge in [-0.2, -0.15) is 0 Å². The van der Waals surface area contributed by atoms with E-state index in [4.69, 9.17) is 4.74 Å². The zero-order valence-electron chi connectivity index (χ0n) is 27.2. The summed E-state index contributed by atoms with van der Waals surface area (Å²) in [4.78, 5) is 49.6. The summed E-state index contributed by atoms with van der Waals surface area (Å²) in [5.41, 5.74) is 1.25. The maximum Gasteiger partial charge on any atom is 0.253 e. The largest absolute Gasteiger partial charge is 0.394 e. The fraction of sp³-hybridized carbons (Fsp3) is 0.486. The van der Waals surface area contributed by atoms with Crippen molar-refractivity contribution in [1.82, 2.24) is 4.90 Å². The molecule has 2 aromatic carbocycles. The predicted octanol–water partition coefficient (Wildman–Crippen LogP) is 5.21. The van der Waals surface area contributed by atoms with E-state index in [0.29, 0.717) is 24.9 Å². The number of fused-ring (bicyclic) bond motifs is 1. The number of aliphatic hydroxyl groups excluding tert-OH is 1. The molecule has 3 fully saturated rings. The summed E-state index contributed by atoms with van der Waals surface area (Å²) in [5.74, 6) is -2.63. The summed E-state index contributed by atoms with van der Waals surface area (Å²) >= 11 is 0. The highest BCUT2D eigenvalue weighted by molar-refractivity contribution is 6.07. The van der Waals surface area contributed by atoms with Crippen molar-refractivity contribution < 1.29 is 24.2 Å². The molecule has 6 atom stereocenters. The number of amides is 3. The second kappa shape index (κ2) is 12.6. The number of benzene rings is 2. The lowest BCUT2D eigenvalue weighted by Gasteiger charge is -2.41. The Kier molecular flexibility index (Phi) is 9.11. The molecule has 5 rings (SSSR count). The highest BCUT2D eigenvalue weighted by Gasteiger charge is 2.79. The maximum absolute atomic E-state index is 15.1. The Hall–Kier alpha value is -3.75. The van der Waals surface area contributed by atoms with Gasteiger partial charge in [-0.05, 0) is 68.4 Å². The first-order chi connectivity index (χ1) is 21.5. The number of hydrogen-bond donors (Lipinski definition) is 1. The van der Waals surface area contributed by atoms with Gasteiger partial charge in [-0.3, -0.25) is 14.4 Å². The number of rotatable bonds is 12. The summed E-state index contributed by atoms with van der Waals surface area (Å²) in [6.07, 6.45) is 4.90. The standard InChI is InChI=1S/C37H47N3O5/c1-8-20-38(27-14-12-11-13-15-27)33(42)30-31-34(43)40(29(23-41)24(4)5)32(37(31)19-18-36(30,10-3)45-37)35(44)39(21-9-2)28-22-25(6)16-17-26(28)7/h8-9,11-17,22,24,29-32,41H,1-2,10,18-21,23H2,3-7H3/t29-,30+,31-,32?,36-,37?/m0/s1. The Morgan fingerprint density at radius 2 is 1.71 bits per heavy atom. The topological polar surface area (TPSA) is 90.4 Å². The molecule has 3 aliphatic rings. The Balaban J connectivity index is 1.68. The van der Waals surface area contributed by atoms with Gasteiger partial charge in [-0.25, -0.2) is 0 Å². The highest BCUT2D eigenvalue weighted by atomic mass is 16.5. The third-order valence-corrected chi connectivity index (χ3v) is 10.3. The number of anilines is 2. The van der Waals surface area contributed by atoms with E-state index in [9.17, 15) is 14.7 Å². The van der Waals surface area contributed by atoms with Crippen molar-refractivity contribution in [3.05, 3.63) is 85.0 Å². The summed E-state index contributed by atoms with van der Waals surface area (Å²) in [5, 5.41) is 10.7. The molecule has 3 amide bonds. The summed E-state index contributed by atoms with van der Waals surface area (Å²) < 4.78 is 7.05. The van der Waals surface area contributed by atoms with Crippen LogP contribution in [0.3, 0.4) is 0 Å². The molecule has 8 heteroatoms. The van der Waals surface area contributed by atoms with Crippen molar-refractivity contribution in [1.29, 1.82) is 0 Å². The highest BCUT2D eigenvalue weighted by Crippen LogP contribution is 2.65. The minimum Gasteiger partial charge on any atom is -0.394 e. The quantitative estimate of drug-likeness (QED) is 0.332. The number of para-hydroxylation sites is 1. The van der Waals surface area contributed by atoms with E-state index in [2.05, 4.69) is 13.2 Å². The number of ether oxygens (including phenoxy) is 1. The number of carbonyl (C=O) groups excluding carboxylic acids is 3. The van der Waals surface area contributed by atoms with E-state index >= 15 is 4.79 Å². The second-order valence-corrected chi connectivity index (χ2v) is 13.2. The van der Waals surface area contributed by atoms with Gasteiger partial charge in [0.05, 0.1) is 30.1 Å². The van der Waals surface area contributed by atoms with E-state index in [-0.39, 0.29) is 43.3 Å². The number of carbonyl (C=O) groups is 3. The SMILES string of the molecule is C=CCN(C(=O)[C@H]1[C@H]2C(=O)N([C@@H](CO)C(C)C)C(C(=O)N(CC=C)c3cc(C)ccc3C)C23CC[C@]1(CC)O3)c1ccccc1. The van der Waals surface area contributed by atoms with E-state index in [1.165, 1.54) is 0 Å². The van der Waals surface area contributed by atoms with Crippen molar-refractivity contribution >= 4 is 29.1 Å². The average molecular weight is 614 g/mol. The predicted molar refractivity (Wildman–Crippen MR) is 177 cm³/mol. The molecular weight excluding hydrogens is 566 g/mol. The molecule has 0 saturated carbocycles. The fourth-order valence-electron chi connectivity index (χ4n) is 8.11. The van der Waals surface area contributed by atoms with Crippen LogP contribution in [0.2, 0.25) is 0 Å². The minimum absolute atomic E-state index is 0.147. The van der Waals surface area contributed by atoms with Crippen LogP contribution in [0.15, 0.2) is 73.8 Å². The van der Waals surface area contributed by atoms with Gasteiger partial charge in [0.1, 0.15) is 11.6 Å². The summed E-state index contributed by atoms with van der Waals surface area (Å²) in [6, 6.07) is 13.7. The molecule has 240 valence electrons. The second-order valence-electron chi connectivity index (χ2n) is 13.2. The number of likely N-dealkylation sites (tertiary alicyclic amines) is 1. The van der Waals surface area contributed by atoms with Crippen LogP contribution in [0.4, 0.5) is 11.4 Å². The first-order valence-corrected chi connectivity index (χ1v) is 16.1. The zero-order valence-corrected chi connectivity index (χ0v) is 27.2. The molecule has 2 bridgehead atoms. The summed E-state index contributed by atoms with van der Waals surface area (Å²) in [6.45, 7) is 17.8. The molecule has 0 radical (unpaired) electrons. The van der Waals surface area contributed by atoms with E-state index in [1.54, 1.807) is 26.9 Å².